The summed E-state index contributed by atoms with van der Waals surface area (Å²) in [6.45, 7) is 0. The summed E-state index contributed by atoms with van der Waals surface area (Å²) in [5.41, 5.74) is 13.9. The van der Waals surface area contributed by atoms with Gasteiger partial charge >= 0.3 is 0 Å². The summed E-state index contributed by atoms with van der Waals surface area (Å²) in [5.74, 6) is 0. The number of hydrogen-bond acceptors (Lipinski definition) is 1. The summed E-state index contributed by atoms with van der Waals surface area (Å²) in [4.78, 5) is 2.48. The zero-order valence-electron chi connectivity index (χ0n) is 29.7. The highest BCUT2D eigenvalue weighted by Crippen LogP contribution is 2.47. The van der Waals surface area contributed by atoms with E-state index in [0.29, 0.717) is 0 Å². The smallest absolute Gasteiger partial charge is 0.0561 e. The highest BCUT2D eigenvalue weighted by atomic mass is 15.1. The number of fused-ring (bicyclic) bond motifs is 4. The van der Waals surface area contributed by atoms with Crippen LogP contribution in [0.1, 0.15) is 0 Å². The molecule has 54 heavy (non-hydrogen) atoms. The van der Waals surface area contributed by atoms with Gasteiger partial charge in [0.05, 0.1) is 22.4 Å². The minimum atomic E-state index is 1.09. The van der Waals surface area contributed by atoms with Crippen LogP contribution in [0.4, 0.5) is 17.1 Å². The summed E-state index contributed by atoms with van der Waals surface area (Å²) in [6, 6.07) is 79.0. The maximum absolute atomic E-state index is 2.48. The molecule has 2 nitrogen and oxygen atoms in total. The molecule has 2 heteroatoms. The van der Waals surface area contributed by atoms with Crippen LogP contribution in [0, 0.1) is 0 Å². The summed E-state index contributed by atoms with van der Waals surface area (Å²) in [6.07, 6.45) is 0. The molecule has 10 rings (SSSR count). The lowest BCUT2D eigenvalue weighted by Crippen LogP contribution is -2.12. The third kappa shape index (κ3) is 5.44. The third-order valence-corrected chi connectivity index (χ3v) is 10.6. The Labute approximate surface area is 315 Å². The molecule has 10 aromatic rings. The van der Waals surface area contributed by atoms with Crippen molar-refractivity contribution in [3.63, 3.8) is 0 Å². The monoisotopic (exact) mass is 688 g/mol. The first kappa shape index (κ1) is 31.6. The molecule has 1 aromatic heterocycles. The first-order valence-electron chi connectivity index (χ1n) is 18.5. The average molecular weight is 689 g/mol. The Morgan fingerprint density at radius 3 is 1.54 bits per heavy atom. The van der Waals surface area contributed by atoms with Crippen LogP contribution in [0.2, 0.25) is 0 Å². The van der Waals surface area contributed by atoms with Gasteiger partial charge in [-0.15, -0.1) is 0 Å². The number of para-hydroxylation sites is 2. The van der Waals surface area contributed by atoms with Crippen LogP contribution in [-0.4, -0.2) is 4.57 Å². The van der Waals surface area contributed by atoms with Crippen molar-refractivity contribution in [3.05, 3.63) is 218 Å². The summed E-state index contributed by atoms with van der Waals surface area (Å²) >= 11 is 0. The summed E-state index contributed by atoms with van der Waals surface area (Å²) in [5, 5.41) is 4.87. The van der Waals surface area contributed by atoms with E-state index in [1.807, 2.05) is 0 Å². The Kier molecular flexibility index (Phi) is 7.85. The number of anilines is 3. The molecule has 0 radical (unpaired) electrons. The van der Waals surface area contributed by atoms with E-state index in [2.05, 4.69) is 228 Å². The molecule has 0 spiro atoms. The van der Waals surface area contributed by atoms with Gasteiger partial charge in [-0.05, 0) is 75.7 Å². The van der Waals surface area contributed by atoms with Crippen LogP contribution in [-0.2, 0) is 0 Å². The lowest BCUT2D eigenvalue weighted by Gasteiger charge is -2.30. The Morgan fingerprint density at radius 1 is 0.296 bits per heavy atom. The molecule has 254 valence electrons. The van der Waals surface area contributed by atoms with Gasteiger partial charge in [-0.25, -0.2) is 0 Å². The van der Waals surface area contributed by atoms with Crippen molar-refractivity contribution >= 4 is 49.6 Å². The number of benzene rings is 9. The van der Waals surface area contributed by atoms with Gasteiger partial charge in [-0.2, -0.15) is 0 Å². The maximum atomic E-state index is 2.48. The van der Waals surface area contributed by atoms with Gasteiger partial charge in [-0.1, -0.05) is 176 Å². The second-order valence-corrected chi connectivity index (χ2v) is 13.7. The normalized spacial score (nSPS) is 11.3. The van der Waals surface area contributed by atoms with Gasteiger partial charge in [0.2, 0.25) is 0 Å². The van der Waals surface area contributed by atoms with Crippen molar-refractivity contribution in [1.29, 1.82) is 0 Å². The fourth-order valence-corrected chi connectivity index (χ4v) is 8.10. The number of rotatable bonds is 7. The van der Waals surface area contributed by atoms with Crippen LogP contribution in [0.3, 0.4) is 0 Å². The van der Waals surface area contributed by atoms with Gasteiger partial charge in [0.1, 0.15) is 0 Å². The van der Waals surface area contributed by atoms with Gasteiger partial charge in [0, 0.05) is 33.1 Å². The summed E-state index contributed by atoms with van der Waals surface area (Å²) < 4.78 is 2.40. The predicted octanol–water partition coefficient (Wildman–Crippen LogP) is 14.4. The first-order chi connectivity index (χ1) is 26.8. The number of aromatic nitrogens is 1. The molecule has 1 heterocycles. The SMILES string of the molecule is c1ccc(-c2ccc(-c3ccccc3)c(N(c3ccc4c5ccccc5n(-c5ccccc5)c4c3)c3ccc(-c4ccccc4)c4ccccc34)c2)cc1. The van der Waals surface area contributed by atoms with Crippen molar-refractivity contribution in [2.45, 2.75) is 0 Å². The molecule has 0 unspecified atom stereocenters. The molecular formula is C52H36N2. The largest absolute Gasteiger partial charge is 0.309 e. The van der Waals surface area contributed by atoms with Gasteiger partial charge < -0.3 is 9.47 Å². The van der Waals surface area contributed by atoms with Gasteiger partial charge in [0.25, 0.3) is 0 Å². The van der Waals surface area contributed by atoms with E-state index < -0.39 is 0 Å². The third-order valence-electron chi connectivity index (χ3n) is 10.6. The Morgan fingerprint density at radius 2 is 0.833 bits per heavy atom. The standard InChI is InChI=1S/C52H36N2/c1-5-17-37(18-6-1)40-29-31-44(39-21-9-3-10-22-39)51(35-40)54(50-34-33-43(38-19-7-2-8-20-38)45-25-13-14-26-46(45)50)42-30-32-48-47-27-15-16-28-49(47)53(52(48)36-42)41-23-11-4-12-24-41/h1-36H. The Hall–Kier alpha value is -7.16. The zero-order valence-corrected chi connectivity index (χ0v) is 29.7. The van der Waals surface area contributed by atoms with Crippen molar-refractivity contribution in [1.82, 2.24) is 4.57 Å². The molecule has 0 saturated carbocycles. The van der Waals surface area contributed by atoms with Crippen molar-refractivity contribution < 1.29 is 0 Å². The van der Waals surface area contributed by atoms with E-state index in [1.54, 1.807) is 0 Å². The van der Waals surface area contributed by atoms with Crippen LogP contribution < -0.4 is 4.90 Å². The number of hydrogen-bond donors (Lipinski definition) is 0. The van der Waals surface area contributed by atoms with Gasteiger partial charge in [0.15, 0.2) is 0 Å². The highest BCUT2D eigenvalue weighted by Gasteiger charge is 2.23. The average Bonchev–Trinajstić information content (AvgIpc) is 3.59. The molecule has 0 saturated heterocycles. The van der Waals surface area contributed by atoms with E-state index in [4.69, 9.17) is 0 Å². The lowest BCUT2D eigenvalue weighted by atomic mass is 9.94. The molecule has 9 aromatic carbocycles. The van der Waals surface area contributed by atoms with E-state index in [0.717, 1.165) is 33.8 Å². The second kappa shape index (κ2) is 13.4. The van der Waals surface area contributed by atoms with Crippen LogP contribution in [0.15, 0.2) is 218 Å². The van der Waals surface area contributed by atoms with Crippen molar-refractivity contribution in [2.75, 3.05) is 4.90 Å². The Balaban J connectivity index is 1.31. The quantitative estimate of drug-likeness (QED) is 0.162. The lowest BCUT2D eigenvalue weighted by molar-refractivity contribution is 1.18. The molecular weight excluding hydrogens is 653 g/mol. The van der Waals surface area contributed by atoms with E-state index in [-0.39, 0.29) is 0 Å². The second-order valence-electron chi connectivity index (χ2n) is 13.7. The van der Waals surface area contributed by atoms with Crippen LogP contribution >= 0.6 is 0 Å². The predicted molar refractivity (Wildman–Crippen MR) is 229 cm³/mol. The maximum Gasteiger partial charge on any atom is 0.0561 e. The fourth-order valence-electron chi connectivity index (χ4n) is 8.10. The Bertz CT molecular complexity index is 2910. The molecule has 0 atom stereocenters. The topological polar surface area (TPSA) is 8.17 Å². The first-order valence-corrected chi connectivity index (χ1v) is 18.5. The highest BCUT2D eigenvalue weighted by molar-refractivity contribution is 6.12. The molecule has 0 aliphatic rings. The fraction of sp³-hybridized carbons (Fsp3) is 0. The molecule has 0 N–H and O–H groups in total. The van der Waals surface area contributed by atoms with Crippen molar-refractivity contribution in [3.8, 4) is 39.1 Å². The van der Waals surface area contributed by atoms with Crippen molar-refractivity contribution in [2.24, 2.45) is 0 Å². The minimum absolute atomic E-state index is 1.09. The molecule has 0 aliphatic carbocycles. The zero-order chi connectivity index (χ0) is 35.8. The van der Waals surface area contributed by atoms with Gasteiger partial charge in [-0.3, -0.25) is 0 Å². The molecule has 0 amide bonds. The van der Waals surface area contributed by atoms with E-state index in [1.165, 1.54) is 54.9 Å². The van der Waals surface area contributed by atoms with E-state index in [9.17, 15) is 0 Å². The molecule has 0 bridgehead atoms. The molecule has 0 fully saturated rings. The van der Waals surface area contributed by atoms with E-state index >= 15 is 0 Å². The van der Waals surface area contributed by atoms with Crippen LogP contribution in [0.5, 0.6) is 0 Å². The summed E-state index contributed by atoms with van der Waals surface area (Å²) in [7, 11) is 0. The minimum Gasteiger partial charge on any atom is -0.309 e. The number of nitrogens with zero attached hydrogens (tertiary/aromatic N) is 2. The van der Waals surface area contributed by atoms with Crippen LogP contribution in [0.25, 0.3) is 71.6 Å². The molecule has 0 aliphatic heterocycles.